The predicted octanol–water partition coefficient (Wildman–Crippen LogP) is 5.18. The van der Waals surface area contributed by atoms with Crippen LogP contribution in [-0.2, 0) is 6.42 Å². The molecule has 0 aliphatic carbocycles. The predicted molar refractivity (Wildman–Crippen MR) is 93.0 cm³/mol. The number of benzene rings is 2. The third-order valence-electron chi connectivity index (χ3n) is 3.83. The summed E-state index contributed by atoms with van der Waals surface area (Å²) in [6, 6.07) is 20.1. The van der Waals surface area contributed by atoms with Crippen molar-refractivity contribution in [2.24, 2.45) is 0 Å². The Morgan fingerprint density at radius 2 is 1.86 bits per heavy atom. The van der Waals surface area contributed by atoms with Crippen LogP contribution in [0.2, 0.25) is 0 Å². The molecule has 0 radical (unpaired) electrons. The Labute approximate surface area is 130 Å². The zero-order valence-electron chi connectivity index (χ0n) is 12.4. The van der Waals surface area contributed by atoms with Crippen molar-refractivity contribution in [3.8, 4) is 0 Å². The molecule has 21 heavy (non-hydrogen) atoms. The van der Waals surface area contributed by atoms with Crippen molar-refractivity contribution in [1.82, 2.24) is 5.32 Å². The molecule has 0 saturated carbocycles. The van der Waals surface area contributed by atoms with E-state index in [1.54, 1.807) is 0 Å². The Bertz CT molecular complexity index is 682. The minimum Gasteiger partial charge on any atom is -0.309 e. The van der Waals surface area contributed by atoms with Crippen molar-refractivity contribution in [3.63, 3.8) is 0 Å². The zero-order chi connectivity index (χ0) is 14.5. The molecule has 1 N–H and O–H groups in total. The first-order valence-electron chi connectivity index (χ1n) is 7.62. The molecule has 1 aromatic heterocycles. The number of fused-ring (bicyclic) bond motifs is 1. The summed E-state index contributed by atoms with van der Waals surface area (Å²) in [5.74, 6) is 0. The van der Waals surface area contributed by atoms with Crippen molar-refractivity contribution < 1.29 is 0 Å². The van der Waals surface area contributed by atoms with Gasteiger partial charge in [-0.05, 0) is 47.2 Å². The lowest BCUT2D eigenvalue weighted by atomic mass is 9.98. The number of hydrogen-bond acceptors (Lipinski definition) is 2. The molecular weight excluding hydrogens is 274 g/mol. The van der Waals surface area contributed by atoms with E-state index in [1.807, 2.05) is 11.3 Å². The van der Waals surface area contributed by atoms with Crippen LogP contribution in [0, 0.1) is 0 Å². The highest BCUT2D eigenvalue weighted by molar-refractivity contribution is 7.10. The molecular formula is C19H21NS. The maximum absolute atomic E-state index is 3.70. The van der Waals surface area contributed by atoms with Gasteiger partial charge in [-0.15, -0.1) is 11.3 Å². The molecule has 0 aliphatic rings. The van der Waals surface area contributed by atoms with Crippen molar-refractivity contribution in [2.45, 2.75) is 25.8 Å². The molecule has 2 heteroatoms. The summed E-state index contributed by atoms with van der Waals surface area (Å²) in [5.41, 5.74) is 1.43. The molecule has 2 aromatic carbocycles. The van der Waals surface area contributed by atoms with Gasteiger partial charge in [0, 0.05) is 10.9 Å². The van der Waals surface area contributed by atoms with Crippen LogP contribution in [0.4, 0.5) is 0 Å². The molecule has 3 aromatic rings. The Morgan fingerprint density at radius 1 is 1.00 bits per heavy atom. The standard InChI is InChI=1S/C19H21NS/c1-2-12-20-18(19-11-6-13-21-19)14-16-9-5-8-15-7-3-4-10-17(15)16/h3-11,13,18,20H,2,12,14H2,1H3. The van der Waals surface area contributed by atoms with Gasteiger partial charge in [-0.3, -0.25) is 0 Å². The molecule has 0 amide bonds. The lowest BCUT2D eigenvalue weighted by Gasteiger charge is -2.18. The average Bonchev–Trinajstić information content (AvgIpc) is 3.06. The largest absolute Gasteiger partial charge is 0.309 e. The average molecular weight is 295 g/mol. The van der Waals surface area contributed by atoms with E-state index in [-0.39, 0.29) is 0 Å². The summed E-state index contributed by atoms with van der Waals surface area (Å²) in [5, 5.41) is 8.57. The highest BCUT2D eigenvalue weighted by Crippen LogP contribution is 2.27. The molecule has 0 spiro atoms. The highest BCUT2D eigenvalue weighted by Gasteiger charge is 2.13. The number of thiophene rings is 1. The normalized spacial score (nSPS) is 12.6. The smallest absolute Gasteiger partial charge is 0.0455 e. The van der Waals surface area contributed by atoms with Crippen LogP contribution >= 0.6 is 11.3 Å². The van der Waals surface area contributed by atoms with Crippen LogP contribution in [0.15, 0.2) is 60.0 Å². The van der Waals surface area contributed by atoms with Crippen molar-refractivity contribution in [3.05, 3.63) is 70.4 Å². The van der Waals surface area contributed by atoms with Gasteiger partial charge in [0.25, 0.3) is 0 Å². The number of hydrogen-bond donors (Lipinski definition) is 1. The fraction of sp³-hybridized carbons (Fsp3) is 0.263. The Morgan fingerprint density at radius 3 is 2.67 bits per heavy atom. The van der Waals surface area contributed by atoms with E-state index in [9.17, 15) is 0 Å². The minimum atomic E-state index is 0.413. The molecule has 1 unspecified atom stereocenters. The van der Waals surface area contributed by atoms with E-state index in [1.165, 1.54) is 21.2 Å². The zero-order valence-corrected chi connectivity index (χ0v) is 13.2. The van der Waals surface area contributed by atoms with Crippen LogP contribution in [-0.4, -0.2) is 6.54 Å². The summed E-state index contributed by atoms with van der Waals surface area (Å²) >= 11 is 1.84. The summed E-state index contributed by atoms with van der Waals surface area (Å²) in [7, 11) is 0. The molecule has 0 fully saturated rings. The fourth-order valence-corrected chi connectivity index (χ4v) is 3.57. The van der Waals surface area contributed by atoms with E-state index < -0.39 is 0 Å². The topological polar surface area (TPSA) is 12.0 Å². The van der Waals surface area contributed by atoms with Crippen LogP contribution < -0.4 is 5.32 Å². The second-order valence-corrected chi connectivity index (χ2v) is 6.34. The molecule has 0 aliphatic heterocycles. The lowest BCUT2D eigenvalue weighted by molar-refractivity contribution is 0.538. The van der Waals surface area contributed by atoms with Crippen LogP contribution in [0.3, 0.4) is 0 Å². The quantitative estimate of drug-likeness (QED) is 0.660. The second-order valence-electron chi connectivity index (χ2n) is 5.36. The first-order chi connectivity index (χ1) is 10.4. The van der Waals surface area contributed by atoms with Gasteiger partial charge in [0.05, 0.1) is 0 Å². The third kappa shape index (κ3) is 3.34. The second kappa shape index (κ2) is 6.88. The monoisotopic (exact) mass is 295 g/mol. The molecule has 3 rings (SSSR count). The first kappa shape index (κ1) is 14.3. The Kier molecular flexibility index (Phi) is 4.69. The minimum absolute atomic E-state index is 0.413. The molecule has 108 valence electrons. The van der Waals surface area contributed by atoms with Gasteiger partial charge in [0.15, 0.2) is 0 Å². The van der Waals surface area contributed by atoms with Crippen LogP contribution in [0.5, 0.6) is 0 Å². The Balaban J connectivity index is 1.90. The molecule has 0 saturated heterocycles. The van der Waals surface area contributed by atoms with Crippen LogP contribution in [0.25, 0.3) is 10.8 Å². The van der Waals surface area contributed by atoms with Gasteiger partial charge in [0.2, 0.25) is 0 Å². The van der Waals surface area contributed by atoms with E-state index in [2.05, 4.69) is 72.2 Å². The highest BCUT2D eigenvalue weighted by atomic mass is 32.1. The number of nitrogens with one attached hydrogen (secondary N) is 1. The van der Waals surface area contributed by atoms with Gasteiger partial charge in [0.1, 0.15) is 0 Å². The van der Waals surface area contributed by atoms with E-state index >= 15 is 0 Å². The summed E-state index contributed by atoms with van der Waals surface area (Å²) in [6.45, 7) is 3.28. The third-order valence-corrected chi connectivity index (χ3v) is 4.82. The maximum atomic E-state index is 3.70. The molecule has 1 atom stereocenters. The maximum Gasteiger partial charge on any atom is 0.0455 e. The van der Waals surface area contributed by atoms with E-state index in [0.717, 1.165) is 19.4 Å². The van der Waals surface area contributed by atoms with Gasteiger partial charge in [-0.2, -0.15) is 0 Å². The van der Waals surface area contributed by atoms with Gasteiger partial charge in [-0.1, -0.05) is 55.5 Å². The first-order valence-corrected chi connectivity index (χ1v) is 8.50. The molecule has 1 heterocycles. The van der Waals surface area contributed by atoms with Crippen molar-refractivity contribution in [2.75, 3.05) is 6.54 Å². The summed E-state index contributed by atoms with van der Waals surface area (Å²) in [4.78, 5) is 1.43. The number of rotatable bonds is 6. The SMILES string of the molecule is CCCNC(Cc1cccc2ccccc12)c1cccs1. The lowest BCUT2D eigenvalue weighted by Crippen LogP contribution is -2.23. The van der Waals surface area contributed by atoms with Gasteiger partial charge in [-0.25, -0.2) is 0 Å². The fourth-order valence-electron chi connectivity index (χ4n) is 2.77. The molecule has 0 bridgehead atoms. The summed E-state index contributed by atoms with van der Waals surface area (Å²) < 4.78 is 0. The van der Waals surface area contributed by atoms with Gasteiger partial charge >= 0.3 is 0 Å². The van der Waals surface area contributed by atoms with Crippen LogP contribution in [0.1, 0.15) is 29.8 Å². The van der Waals surface area contributed by atoms with E-state index in [4.69, 9.17) is 0 Å². The van der Waals surface area contributed by atoms with Gasteiger partial charge < -0.3 is 5.32 Å². The Hall–Kier alpha value is -1.64. The van der Waals surface area contributed by atoms with Crippen molar-refractivity contribution >= 4 is 22.1 Å². The molecule has 1 nitrogen and oxygen atoms in total. The van der Waals surface area contributed by atoms with Crippen molar-refractivity contribution in [1.29, 1.82) is 0 Å². The summed E-state index contributed by atoms with van der Waals surface area (Å²) in [6.07, 6.45) is 2.21. The van der Waals surface area contributed by atoms with E-state index in [0.29, 0.717) is 6.04 Å².